The summed E-state index contributed by atoms with van der Waals surface area (Å²) in [5.74, 6) is 0.602. The number of nitrogens with zero attached hydrogens (tertiary/aromatic N) is 1. The molecule has 0 heterocycles. The smallest absolute Gasteiger partial charge is 0.255 e. The van der Waals surface area contributed by atoms with E-state index in [1.807, 2.05) is 0 Å². The summed E-state index contributed by atoms with van der Waals surface area (Å²) in [4.78, 5) is 12.5. The van der Waals surface area contributed by atoms with Crippen LogP contribution in [0.25, 0.3) is 0 Å². The van der Waals surface area contributed by atoms with E-state index in [0.717, 1.165) is 17.1 Å². The first-order valence-electron chi connectivity index (χ1n) is 9.53. The number of ether oxygens (including phenoxy) is 2. The first-order chi connectivity index (χ1) is 13.8. The van der Waals surface area contributed by atoms with Gasteiger partial charge in [-0.2, -0.15) is 0 Å². The Balaban J connectivity index is 2.20. The largest absolute Gasteiger partial charge is 0.494 e. The summed E-state index contributed by atoms with van der Waals surface area (Å²) in [5.41, 5.74) is 0.806. The van der Waals surface area contributed by atoms with Crippen molar-refractivity contribution in [2.24, 2.45) is 0 Å². The Labute approximate surface area is 172 Å². The van der Waals surface area contributed by atoms with Crippen molar-refractivity contribution in [3.63, 3.8) is 0 Å². The second-order valence-corrected chi connectivity index (χ2v) is 8.68. The maximum atomic E-state index is 12.6. The van der Waals surface area contributed by atoms with Crippen LogP contribution in [0.1, 0.15) is 37.0 Å². The predicted octanol–water partition coefficient (Wildman–Crippen LogP) is 3.77. The van der Waals surface area contributed by atoms with Crippen LogP contribution in [0.5, 0.6) is 11.5 Å². The van der Waals surface area contributed by atoms with Crippen molar-refractivity contribution in [1.29, 1.82) is 0 Å². The van der Waals surface area contributed by atoms with Gasteiger partial charge in [-0.3, -0.25) is 4.79 Å². The molecule has 0 saturated carbocycles. The second-order valence-electron chi connectivity index (χ2n) is 6.56. The maximum Gasteiger partial charge on any atom is 0.255 e. The Kier molecular flexibility index (Phi) is 8.04. The normalized spacial score (nSPS) is 11.3. The standard InChI is InChI=1S/C21H28N2O5S/c1-5-7-14-28-18-11-8-16(9-12-18)21(24)22-17-10-13-19(27-6-2)20(15-17)29(25,26)23(3)4/h8-13,15H,5-7,14H2,1-4H3,(H,22,24). The third-order valence-corrected chi connectivity index (χ3v) is 5.98. The van der Waals surface area contributed by atoms with Crippen LogP contribution < -0.4 is 14.8 Å². The van der Waals surface area contributed by atoms with Gasteiger partial charge in [-0.1, -0.05) is 13.3 Å². The summed E-state index contributed by atoms with van der Waals surface area (Å²) < 4.78 is 37.3. The van der Waals surface area contributed by atoms with Crippen LogP contribution in [0.3, 0.4) is 0 Å². The number of amides is 1. The van der Waals surface area contributed by atoms with Crippen LogP contribution in [0, 0.1) is 0 Å². The molecule has 0 bridgehead atoms. The lowest BCUT2D eigenvalue weighted by atomic mass is 10.2. The van der Waals surface area contributed by atoms with Gasteiger partial charge >= 0.3 is 0 Å². The molecule has 0 unspecified atom stereocenters. The monoisotopic (exact) mass is 420 g/mol. The number of nitrogens with one attached hydrogen (secondary N) is 1. The van der Waals surface area contributed by atoms with Crippen LogP contribution in [-0.4, -0.2) is 45.9 Å². The van der Waals surface area contributed by atoms with Crippen LogP contribution in [-0.2, 0) is 10.0 Å². The molecular weight excluding hydrogens is 392 g/mol. The Hall–Kier alpha value is -2.58. The van der Waals surface area contributed by atoms with Gasteiger partial charge in [0.2, 0.25) is 10.0 Å². The van der Waals surface area contributed by atoms with Crippen molar-refractivity contribution in [3.8, 4) is 11.5 Å². The first-order valence-corrected chi connectivity index (χ1v) is 11.0. The number of carbonyl (C=O) groups excluding carboxylic acids is 1. The Bertz CT molecular complexity index is 925. The summed E-state index contributed by atoms with van der Waals surface area (Å²) in [7, 11) is -0.839. The highest BCUT2D eigenvalue weighted by molar-refractivity contribution is 7.89. The molecule has 7 nitrogen and oxygen atoms in total. The van der Waals surface area contributed by atoms with E-state index in [1.54, 1.807) is 43.3 Å². The molecule has 0 aromatic heterocycles. The number of rotatable bonds is 10. The Morgan fingerprint density at radius 3 is 2.31 bits per heavy atom. The second kappa shape index (κ2) is 10.3. The predicted molar refractivity (Wildman–Crippen MR) is 113 cm³/mol. The van der Waals surface area contributed by atoms with Gasteiger partial charge in [0, 0.05) is 25.3 Å². The number of anilines is 1. The molecule has 1 amide bonds. The van der Waals surface area contributed by atoms with Crippen molar-refractivity contribution in [3.05, 3.63) is 48.0 Å². The quantitative estimate of drug-likeness (QED) is 0.592. The molecule has 8 heteroatoms. The van der Waals surface area contributed by atoms with E-state index >= 15 is 0 Å². The lowest BCUT2D eigenvalue weighted by molar-refractivity contribution is 0.102. The first kappa shape index (κ1) is 22.7. The number of unbranched alkanes of at least 4 members (excludes halogenated alkanes) is 1. The molecule has 0 aliphatic heterocycles. The molecule has 0 aliphatic rings. The summed E-state index contributed by atoms with van der Waals surface area (Å²) in [6.45, 7) is 4.83. The minimum absolute atomic E-state index is 0.00169. The van der Waals surface area contributed by atoms with Crippen molar-refractivity contribution < 1.29 is 22.7 Å². The molecule has 0 radical (unpaired) electrons. The molecule has 2 aromatic carbocycles. The third kappa shape index (κ3) is 5.95. The zero-order valence-electron chi connectivity index (χ0n) is 17.3. The molecule has 0 aliphatic carbocycles. The van der Waals surface area contributed by atoms with Crippen LogP contribution in [0.15, 0.2) is 47.4 Å². The maximum absolute atomic E-state index is 12.6. The molecule has 0 atom stereocenters. The summed E-state index contributed by atoms with van der Waals surface area (Å²) in [5, 5.41) is 2.73. The Morgan fingerprint density at radius 1 is 1.03 bits per heavy atom. The fourth-order valence-electron chi connectivity index (χ4n) is 2.50. The fourth-order valence-corrected chi connectivity index (χ4v) is 3.55. The van der Waals surface area contributed by atoms with E-state index in [2.05, 4.69) is 12.2 Å². The average Bonchev–Trinajstić information content (AvgIpc) is 2.69. The van der Waals surface area contributed by atoms with Gasteiger partial charge in [-0.05, 0) is 55.8 Å². The summed E-state index contributed by atoms with van der Waals surface area (Å²) >= 11 is 0. The number of carbonyl (C=O) groups is 1. The molecule has 2 aromatic rings. The minimum atomic E-state index is -3.73. The van der Waals surface area contributed by atoms with Gasteiger partial charge in [0.1, 0.15) is 16.4 Å². The van der Waals surface area contributed by atoms with Crippen molar-refractivity contribution >= 4 is 21.6 Å². The highest BCUT2D eigenvalue weighted by Gasteiger charge is 2.23. The van der Waals surface area contributed by atoms with Crippen molar-refractivity contribution in [2.45, 2.75) is 31.6 Å². The highest BCUT2D eigenvalue weighted by atomic mass is 32.2. The number of sulfonamides is 1. The molecule has 2 rings (SSSR count). The van der Waals surface area contributed by atoms with Crippen molar-refractivity contribution in [2.75, 3.05) is 32.6 Å². The van der Waals surface area contributed by atoms with Gasteiger partial charge in [0.25, 0.3) is 5.91 Å². The lowest BCUT2D eigenvalue weighted by Crippen LogP contribution is -2.23. The van der Waals surface area contributed by atoms with Crippen molar-refractivity contribution in [1.82, 2.24) is 4.31 Å². The van der Waals surface area contributed by atoms with Gasteiger partial charge in [-0.15, -0.1) is 0 Å². The van der Waals surface area contributed by atoms with E-state index in [9.17, 15) is 13.2 Å². The summed E-state index contributed by atoms with van der Waals surface area (Å²) in [6.07, 6.45) is 2.02. The number of hydrogen-bond acceptors (Lipinski definition) is 5. The molecule has 29 heavy (non-hydrogen) atoms. The average molecular weight is 421 g/mol. The SMILES string of the molecule is CCCCOc1ccc(C(=O)Nc2ccc(OCC)c(S(=O)(=O)N(C)C)c2)cc1. The zero-order chi connectivity index (χ0) is 21.4. The van der Waals surface area contributed by atoms with E-state index in [1.165, 1.54) is 20.2 Å². The molecule has 0 fully saturated rings. The van der Waals surface area contributed by atoms with Gasteiger partial charge in [-0.25, -0.2) is 12.7 Å². The molecule has 0 spiro atoms. The van der Waals surface area contributed by atoms with Crippen LogP contribution in [0.4, 0.5) is 5.69 Å². The van der Waals surface area contributed by atoms with Crippen LogP contribution >= 0.6 is 0 Å². The topological polar surface area (TPSA) is 84.9 Å². The van der Waals surface area contributed by atoms with E-state index in [4.69, 9.17) is 9.47 Å². The molecule has 0 saturated heterocycles. The molecule has 1 N–H and O–H groups in total. The number of benzene rings is 2. The lowest BCUT2D eigenvalue weighted by Gasteiger charge is -2.16. The molecular formula is C21H28N2O5S. The van der Waals surface area contributed by atoms with E-state index in [-0.39, 0.29) is 16.6 Å². The van der Waals surface area contributed by atoms with Gasteiger partial charge in [0.15, 0.2) is 0 Å². The highest BCUT2D eigenvalue weighted by Crippen LogP contribution is 2.29. The van der Waals surface area contributed by atoms with E-state index < -0.39 is 10.0 Å². The number of hydrogen-bond donors (Lipinski definition) is 1. The minimum Gasteiger partial charge on any atom is -0.494 e. The van der Waals surface area contributed by atoms with E-state index in [0.29, 0.717) is 30.2 Å². The van der Waals surface area contributed by atoms with Crippen LogP contribution in [0.2, 0.25) is 0 Å². The van der Waals surface area contributed by atoms with Gasteiger partial charge < -0.3 is 14.8 Å². The Morgan fingerprint density at radius 2 is 1.72 bits per heavy atom. The summed E-state index contributed by atoms with van der Waals surface area (Å²) in [6, 6.07) is 11.4. The molecule has 158 valence electrons. The zero-order valence-corrected chi connectivity index (χ0v) is 18.1. The third-order valence-electron chi connectivity index (χ3n) is 4.14. The van der Waals surface area contributed by atoms with Gasteiger partial charge in [0.05, 0.1) is 13.2 Å². The fraction of sp³-hybridized carbons (Fsp3) is 0.381.